The second-order valence-electron chi connectivity index (χ2n) is 5.06. The average Bonchev–Trinajstić information content (AvgIpc) is 3.02. The summed E-state index contributed by atoms with van der Waals surface area (Å²) in [6, 6.07) is 9.12. The van der Waals surface area contributed by atoms with Gasteiger partial charge in [0.15, 0.2) is 0 Å². The lowest BCUT2D eigenvalue weighted by Crippen LogP contribution is -2.58. The van der Waals surface area contributed by atoms with E-state index in [1.807, 2.05) is 0 Å². The monoisotopic (exact) mass is 416 g/mol. The highest BCUT2D eigenvalue weighted by Crippen LogP contribution is 2.46. The summed E-state index contributed by atoms with van der Waals surface area (Å²) < 4.78 is 92.8. The van der Waals surface area contributed by atoms with Crippen molar-refractivity contribution in [2.45, 2.75) is 18.0 Å². The highest BCUT2D eigenvalue weighted by atomic mass is 35.5. The molecule has 146 valence electrons. The van der Waals surface area contributed by atoms with Gasteiger partial charge in [-0.25, -0.2) is 5.43 Å². The molecule has 2 aromatic rings. The van der Waals surface area contributed by atoms with Gasteiger partial charge in [0.1, 0.15) is 11.5 Å². The van der Waals surface area contributed by atoms with Gasteiger partial charge in [-0.1, -0.05) is 23.7 Å². The maximum Gasteiger partial charge on any atom is 0.460 e. The zero-order valence-corrected chi connectivity index (χ0v) is 13.6. The van der Waals surface area contributed by atoms with Crippen molar-refractivity contribution in [1.29, 1.82) is 0 Å². The minimum absolute atomic E-state index is 0.101. The van der Waals surface area contributed by atoms with Crippen LogP contribution in [0, 0.1) is 0 Å². The molecule has 27 heavy (non-hydrogen) atoms. The fourth-order valence-corrected chi connectivity index (χ4v) is 1.95. The molecule has 0 aliphatic heterocycles. The first-order valence-corrected chi connectivity index (χ1v) is 7.25. The highest BCUT2D eigenvalue weighted by molar-refractivity contribution is 6.30. The van der Waals surface area contributed by atoms with Gasteiger partial charge < -0.3 is 4.42 Å². The van der Waals surface area contributed by atoms with Crippen molar-refractivity contribution in [2.24, 2.45) is 5.10 Å². The van der Waals surface area contributed by atoms with Crippen LogP contribution in [0.1, 0.15) is 5.76 Å². The molecule has 0 atom stereocenters. The van der Waals surface area contributed by atoms with Gasteiger partial charge in [-0.05, 0) is 24.3 Å². The predicted molar refractivity (Wildman–Crippen MR) is 80.8 cm³/mol. The van der Waals surface area contributed by atoms with Crippen molar-refractivity contribution in [2.75, 3.05) is 0 Å². The Morgan fingerprint density at radius 3 is 2.33 bits per heavy atom. The lowest BCUT2D eigenvalue weighted by Gasteiger charge is -2.26. The quantitative estimate of drug-likeness (QED) is 0.429. The van der Waals surface area contributed by atoms with Crippen LogP contribution in [0.15, 0.2) is 45.9 Å². The molecule has 0 spiro atoms. The summed E-state index contributed by atoms with van der Waals surface area (Å²) in [5.41, 5.74) is 1.47. The number of furan rings is 1. The normalized spacial score (nSPS) is 13.2. The number of rotatable bonds is 5. The molecule has 0 saturated heterocycles. The van der Waals surface area contributed by atoms with Crippen LogP contribution in [0.5, 0.6) is 0 Å². The fraction of sp³-hybridized carbons (Fsp3) is 0.200. The van der Waals surface area contributed by atoms with Crippen LogP contribution in [-0.2, 0) is 4.79 Å². The lowest BCUT2D eigenvalue weighted by atomic mass is 10.1. The number of nitrogens with one attached hydrogen (secondary N) is 1. The summed E-state index contributed by atoms with van der Waals surface area (Å²) in [6.07, 6.45) is -5.97. The summed E-state index contributed by atoms with van der Waals surface area (Å²) in [5, 5.41) is 3.30. The van der Waals surface area contributed by atoms with Crippen LogP contribution in [0.25, 0.3) is 11.3 Å². The number of hydrogen-bond acceptors (Lipinski definition) is 3. The van der Waals surface area contributed by atoms with Crippen LogP contribution >= 0.6 is 11.6 Å². The minimum atomic E-state index is -6.62. The van der Waals surface area contributed by atoms with Gasteiger partial charge in [0.2, 0.25) is 0 Å². The van der Waals surface area contributed by atoms with Crippen molar-refractivity contribution in [3.05, 3.63) is 47.2 Å². The summed E-state index contributed by atoms with van der Waals surface area (Å²) >= 11 is 5.80. The summed E-state index contributed by atoms with van der Waals surface area (Å²) in [6.45, 7) is 0. The molecule has 1 N–H and O–H groups in total. The Balaban J connectivity index is 2.08. The van der Waals surface area contributed by atoms with Gasteiger partial charge in [0.25, 0.3) is 0 Å². The maximum atomic E-state index is 13.1. The van der Waals surface area contributed by atoms with Gasteiger partial charge in [0, 0.05) is 10.6 Å². The molecule has 0 radical (unpaired) electrons. The fourth-order valence-electron chi connectivity index (χ4n) is 1.76. The Kier molecular flexibility index (Phi) is 5.55. The van der Waals surface area contributed by atoms with E-state index in [1.54, 1.807) is 24.3 Å². The number of alkyl halides is 7. The van der Waals surface area contributed by atoms with E-state index in [2.05, 4.69) is 5.10 Å². The van der Waals surface area contributed by atoms with E-state index in [9.17, 15) is 35.5 Å². The number of nitrogens with zero attached hydrogens (tertiary/aromatic N) is 1. The number of benzene rings is 1. The van der Waals surface area contributed by atoms with Crippen molar-refractivity contribution in [1.82, 2.24) is 5.43 Å². The van der Waals surface area contributed by atoms with Gasteiger partial charge in [0.05, 0.1) is 6.21 Å². The largest absolute Gasteiger partial charge is 0.460 e. The number of halogens is 8. The van der Waals surface area contributed by atoms with Gasteiger partial charge >= 0.3 is 23.9 Å². The van der Waals surface area contributed by atoms with Crippen LogP contribution in [0.2, 0.25) is 5.02 Å². The maximum absolute atomic E-state index is 13.1. The molecule has 4 nitrogen and oxygen atoms in total. The first-order chi connectivity index (χ1) is 12.4. The van der Waals surface area contributed by atoms with E-state index in [0.29, 0.717) is 16.8 Å². The number of hydrazone groups is 1. The number of amides is 1. The van der Waals surface area contributed by atoms with Crippen molar-refractivity contribution in [3.63, 3.8) is 0 Å². The summed E-state index contributed by atoms with van der Waals surface area (Å²) in [5.74, 6) is -15.4. The molecule has 12 heteroatoms. The molecule has 0 unspecified atom stereocenters. The van der Waals surface area contributed by atoms with Crippen LogP contribution in [0.4, 0.5) is 30.7 Å². The average molecular weight is 417 g/mol. The molecule has 0 fully saturated rings. The van der Waals surface area contributed by atoms with Gasteiger partial charge in [-0.15, -0.1) is 0 Å². The van der Waals surface area contributed by atoms with Gasteiger partial charge in [-0.3, -0.25) is 4.79 Å². The molecule has 0 aliphatic carbocycles. The predicted octanol–water partition coefficient (Wildman–Crippen LogP) is 4.88. The lowest BCUT2D eigenvalue weighted by molar-refractivity contribution is -0.344. The second-order valence-corrected chi connectivity index (χ2v) is 5.49. The summed E-state index contributed by atoms with van der Waals surface area (Å²) in [4.78, 5) is 11.0. The topological polar surface area (TPSA) is 54.6 Å². The number of carbonyl (C=O) groups excluding carboxylic acids is 1. The van der Waals surface area contributed by atoms with E-state index in [4.69, 9.17) is 16.0 Å². The van der Waals surface area contributed by atoms with Crippen LogP contribution in [0.3, 0.4) is 0 Å². The molecule has 1 heterocycles. The smallest absolute Gasteiger partial charge is 0.455 e. The van der Waals surface area contributed by atoms with Crippen molar-refractivity contribution < 1.29 is 39.9 Å². The standard InChI is InChI=1S/C15H8ClF7N2O2/c16-9-3-1-2-8(6-9)11-5-4-10(27-11)7-24-25-12(26)13(17,18)14(19,20)15(21,22)23/h1-7H,(H,25,26). The van der Waals surface area contributed by atoms with Crippen LogP contribution < -0.4 is 5.43 Å². The number of hydrogen-bond donors (Lipinski definition) is 1. The molecule has 0 saturated carbocycles. The van der Waals surface area contributed by atoms with E-state index < -0.39 is 23.9 Å². The Morgan fingerprint density at radius 1 is 1.07 bits per heavy atom. The molecule has 2 rings (SSSR count). The Bertz CT molecular complexity index is 862. The number of carbonyl (C=O) groups is 1. The van der Waals surface area contributed by atoms with E-state index in [1.165, 1.54) is 12.1 Å². The van der Waals surface area contributed by atoms with E-state index in [-0.39, 0.29) is 11.5 Å². The third-order valence-electron chi connectivity index (χ3n) is 3.13. The van der Waals surface area contributed by atoms with E-state index in [0.717, 1.165) is 5.43 Å². The first-order valence-electron chi connectivity index (χ1n) is 6.88. The Morgan fingerprint density at radius 2 is 1.74 bits per heavy atom. The van der Waals surface area contributed by atoms with Crippen LogP contribution in [-0.4, -0.2) is 30.1 Å². The molecular formula is C15H8ClF7N2O2. The zero-order chi connectivity index (χ0) is 20.5. The van der Waals surface area contributed by atoms with Crippen molar-refractivity contribution >= 4 is 23.7 Å². The van der Waals surface area contributed by atoms with Gasteiger partial charge in [-0.2, -0.15) is 35.8 Å². The van der Waals surface area contributed by atoms with E-state index >= 15 is 0 Å². The zero-order valence-electron chi connectivity index (χ0n) is 12.8. The SMILES string of the molecule is O=C(NN=Cc1ccc(-c2cccc(Cl)c2)o1)C(F)(F)C(F)(F)C(F)(F)F. The van der Waals surface area contributed by atoms with Crippen molar-refractivity contribution in [3.8, 4) is 11.3 Å². The molecule has 1 aromatic carbocycles. The third kappa shape index (κ3) is 4.24. The highest BCUT2D eigenvalue weighted by Gasteiger charge is 2.76. The second kappa shape index (κ2) is 7.22. The summed E-state index contributed by atoms with van der Waals surface area (Å²) in [7, 11) is 0. The molecule has 0 bridgehead atoms. The molecule has 1 amide bonds. The third-order valence-corrected chi connectivity index (χ3v) is 3.36. The minimum Gasteiger partial charge on any atom is -0.455 e. The molecule has 1 aromatic heterocycles. The first kappa shape index (κ1) is 20.7. The molecule has 0 aliphatic rings. The Hall–Kier alpha value is -2.56. The Labute approximate surface area is 151 Å². The molecular weight excluding hydrogens is 409 g/mol.